The van der Waals surface area contributed by atoms with Crippen LogP contribution < -0.4 is 5.73 Å². The monoisotopic (exact) mass is 357 g/mol. The second-order valence-electron chi connectivity index (χ2n) is 4.58. The molecule has 0 saturated heterocycles. The van der Waals surface area contributed by atoms with E-state index >= 15 is 0 Å². The van der Waals surface area contributed by atoms with E-state index in [1.807, 2.05) is 43.3 Å². The fraction of sp³-hybridized carbons (Fsp3) is 0.200. The minimum Gasteiger partial charge on any atom is -0.324 e. The second-order valence-corrected chi connectivity index (χ2v) is 6.25. The van der Waals surface area contributed by atoms with Crippen molar-refractivity contribution in [2.45, 2.75) is 19.4 Å². The normalized spacial score (nSPS) is 12.5. The minimum atomic E-state index is -0.103. The molecule has 0 radical (unpaired) electrons. The predicted octanol–water partition coefficient (Wildman–Crippen LogP) is 5.31. The molecule has 100 valence electrons. The lowest BCUT2D eigenvalue weighted by Gasteiger charge is -2.14. The lowest BCUT2D eigenvalue weighted by Crippen LogP contribution is -2.13. The van der Waals surface area contributed by atoms with Crippen LogP contribution in [0.25, 0.3) is 0 Å². The van der Waals surface area contributed by atoms with Crippen molar-refractivity contribution in [1.82, 2.24) is 0 Å². The molecule has 0 bridgehead atoms. The molecule has 0 heterocycles. The molecule has 0 spiro atoms. The van der Waals surface area contributed by atoms with Crippen LogP contribution in [-0.4, -0.2) is 0 Å². The number of rotatable bonds is 3. The third-order valence-corrected chi connectivity index (χ3v) is 4.59. The Hall–Kier alpha value is -0.540. The van der Waals surface area contributed by atoms with Gasteiger partial charge in [-0.15, -0.1) is 0 Å². The van der Waals surface area contributed by atoms with Crippen molar-refractivity contribution in [3.05, 3.63) is 67.6 Å². The minimum absolute atomic E-state index is 0.103. The lowest BCUT2D eigenvalue weighted by molar-refractivity contribution is 0.721. The maximum Gasteiger partial charge on any atom is 0.0548 e. The van der Waals surface area contributed by atoms with Gasteiger partial charge in [-0.25, -0.2) is 0 Å². The molecule has 19 heavy (non-hydrogen) atoms. The molecule has 2 aromatic rings. The van der Waals surface area contributed by atoms with Gasteiger partial charge in [0.15, 0.2) is 0 Å². The first-order valence-electron chi connectivity index (χ1n) is 5.93. The van der Waals surface area contributed by atoms with Crippen LogP contribution in [0.4, 0.5) is 0 Å². The van der Waals surface area contributed by atoms with E-state index in [4.69, 9.17) is 28.9 Å². The quantitative estimate of drug-likeness (QED) is 0.790. The summed E-state index contributed by atoms with van der Waals surface area (Å²) in [6.07, 6.45) is 0.702. The van der Waals surface area contributed by atoms with Crippen molar-refractivity contribution in [3.8, 4) is 0 Å². The Balaban J connectivity index is 2.20. The zero-order valence-electron chi connectivity index (χ0n) is 10.5. The fourth-order valence-corrected chi connectivity index (χ4v) is 2.74. The third kappa shape index (κ3) is 3.73. The van der Waals surface area contributed by atoms with E-state index in [9.17, 15) is 0 Å². The van der Waals surface area contributed by atoms with Crippen LogP contribution >= 0.6 is 39.1 Å². The highest BCUT2D eigenvalue weighted by atomic mass is 79.9. The van der Waals surface area contributed by atoms with Gasteiger partial charge >= 0.3 is 0 Å². The first kappa shape index (κ1) is 14.9. The highest BCUT2D eigenvalue weighted by molar-refractivity contribution is 9.10. The number of halogens is 3. The first-order valence-corrected chi connectivity index (χ1v) is 7.48. The molecule has 0 aromatic heterocycles. The number of nitrogens with two attached hydrogens (primary N) is 1. The molecular weight excluding hydrogens is 345 g/mol. The van der Waals surface area contributed by atoms with Crippen LogP contribution in [0.3, 0.4) is 0 Å². The summed E-state index contributed by atoms with van der Waals surface area (Å²) in [6, 6.07) is 11.7. The standard InChI is InChI=1S/C15H14BrCl2N/c1-9-2-3-10(14(18)6-9)8-15(19)11-4-5-13(17)12(16)7-11/h2-7,15H,8,19H2,1H3. The van der Waals surface area contributed by atoms with Crippen molar-refractivity contribution < 1.29 is 0 Å². The Morgan fingerprint density at radius 2 is 1.84 bits per heavy atom. The van der Waals surface area contributed by atoms with Crippen molar-refractivity contribution in [2.75, 3.05) is 0 Å². The van der Waals surface area contributed by atoms with Crippen LogP contribution in [0.5, 0.6) is 0 Å². The van der Waals surface area contributed by atoms with E-state index in [0.29, 0.717) is 11.4 Å². The van der Waals surface area contributed by atoms with Gasteiger partial charge in [0, 0.05) is 15.5 Å². The maximum absolute atomic E-state index is 6.23. The molecule has 0 aliphatic rings. The molecule has 0 aliphatic heterocycles. The van der Waals surface area contributed by atoms with Crippen molar-refractivity contribution >= 4 is 39.1 Å². The summed E-state index contributed by atoms with van der Waals surface area (Å²) in [5.41, 5.74) is 9.48. The van der Waals surface area contributed by atoms with Gasteiger partial charge < -0.3 is 5.73 Å². The molecule has 0 fully saturated rings. The first-order chi connectivity index (χ1) is 8.97. The number of hydrogen-bond acceptors (Lipinski definition) is 1. The molecule has 0 saturated carbocycles. The molecule has 2 N–H and O–H groups in total. The highest BCUT2D eigenvalue weighted by Gasteiger charge is 2.11. The Kier molecular flexibility index (Phi) is 4.91. The fourth-order valence-electron chi connectivity index (χ4n) is 1.92. The molecular formula is C15H14BrCl2N. The van der Waals surface area contributed by atoms with Crippen LogP contribution in [0, 0.1) is 6.92 Å². The Morgan fingerprint density at radius 1 is 1.11 bits per heavy atom. The molecule has 1 unspecified atom stereocenters. The Morgan fingerprint density at radius 3 is 2.47 bits per heavy atom. The van der Waals surface area contributed by atoms with Gasteiger partial charge in [-0.3, -0.25) is 0 Å². The van der Waals surface area contributed by atoms with Gasteiger partial charge in [-0.1, -0.05) is 41.4 Å². The number of aryl methyl sites for hydroxylation is 1. The largest absolute Gasteiger partial charge is 0.324 e. The van der Waals surface area contributed by atoms with Gasteiger partial charge in [0.2, 0.25) is 0 Å². The Labute approximate surface area is 131 Å². The summed E-state index contributed by atoms with van der Waals surface area (Å²) in [5.74, 6) is 0. The topological polar surface area (TPSA) is 26.0 Å². The molecule has 0 aliphatic carbocycles. The Bertz CT molecular complexity index is 599. The molecule has 0 amide bonds. The molecule has 4 heteroatoms. The second kappa shape index (κ2) is 6.27. The highest BCUT2D eigenvalue weighted by Crippen LogP contribution is 2.28. The molecule has 1 atom stereocenters. The molecule has 1 nitrogen and oxygen atoms in total. The number of benzene rings is 2. The van der Waals surface area contributed by atoms with E-state index in [1.54, 1.807) is 0 Å². The summed E-state index contributed by atoms with van der Waals surface area (Å²) in [6.45, 7) is 2.02. The zero-order chi connectivity index (χ0) is 14.0. The summed E-state index contributed by atoms with van der Waals surface area (Å²) in [5, 5.41) is 1.45. The summed E-state index contributed by atoms with van der Waals surface area (Å²) < 4.78 is 0.858. The average molecular weight is 359 g/mol. The van der Waals surface area contributed by atoms with Crippen LogP contribution in [-0.2, 0) is 6.42 Å². The lowest BCUT2D eigenvalue weighted by atomic mass is 9.99. The SMILES string of the molecule is Cc1ccc(CC(N)c2ccc(Cl)c(Br)c2)c(Cl)c1. The van der Waals surface area contributed by atoms with Gasteiger partial charge in [0.1, 0.15) is 0 Å². The van der Waals surface area contributed by atoms with Crippen LogP contribution in [0.2, 0.25) is 10.0 Å². The van der Waals surface area contributed by atoms with Gasteiger partial charge in [0.25, 0.3) is 0 Å². The van der Waals surface area contributed by atoms with Gasteiger partial charge in [0.05, 0.1) is 5.02 Å². The van der Waals surface area contributed by atoms with Crippen molar-refractivity contribution in [1.29, 1.82) is 0 Å². The van der Waals surface area contributed by atoms with Crippen molar-refractivity contribution in [2.24, 2.45) is 5.73 Å². The summed E-state index contributed by atoms with van der Waals surface area (Å²) in [4.78, 5) is 0. The van der Waals surface area contributed by atoms with Crippen molar-refractivity contribution in [3.63, 3.8) is 0 Å². The maximum atomic E-state index is 6.23. The van der Waals surface area contributed by atoms with Gasteiger partial charge in [-0.05, 0) is 64.2 Å². The van der Waals surface area contributed by atoms with Crippen LogP contribution in [0.1, 0.15) is 22.7 Å². The molecule has 2 rings (SSSR count). The molecule has 2 aromatic carbocycles. The number of hydrogen-bond donors (Lipinski definition) is 1. The smallest absolute Gasteiger partial charge is 0.0548 e. The van der Waals surface area contributed by atoms with E-state index in [0.717, 1.165) is 26.2 Å². The van der Waals surface area contributed by atoms with Gasteiger partial charge in [-0.2, -0.15) is 0 Å². The summed E-state index contributed by atoms with van der Waals surface area (Å²) >= 11 is 15.6. The average Bonchev–Trinajstić information content (AvgIpc) is 2.36. The van der Waals surface area contributed by atoms with E-state index < -0.39 is 0 Å². The zero-order valence-corrected chi connectivity index (χ0v) is 13.6. The van der Waals surface area contributed by atoms with E-state index in [1.165, 1.54) is 0 Å². The van der Waals surface area contributed by atoms with E-state index in [-0.39, 0.29) is 6.04 Å². The van der Waals surface area contributed by atoms with E-state index in [2.05, 4.69) is 15.9 Å². The third-order valence-electron chi connectivity index (χ3n) is 3.02. The summed E-state index contributed by atoms with van der Waals surface area (Å²) in [7, 11) is 0. The predicted molar refractivity (Wildman–Crippen MR) is 86.0 cm³/mol. The van der Waals surface area contributed by atoms with Crippen LogP contribution in [0.15, 0.2) is 40.9 Å².